The van der Waals surface area contributed by atoms with Gasteiger partial charge in [-0.2, -0.15) is 0 Å². The first kappa shape index (κ1) is 22.0. The first-order chi connectivity index (χ1) is 15.6. The number of hydrogen-bond donors (Lipinski definition) is 1. The Bertz CT molecular complexity index is 1090. The van der Waals surface area contributed by atoms with Crippen LogP contribution in [0.4, 0.5) is 11.4 Å². The molecule has 1 aliphatic heterocycles. The number of anilines is 2. The summed E-state index contributed by atoms with van der Waals surface area (Å²) in [6.45, 7) is 4.68. The van der Waals surface area contributed by atoms with E-state index < -0.39 is 12.1 Å². The highest BCUT2D eigenvalue weighted by molar-refractivity contribution is 7.99. The molecule has 166 valence electrons. The number of fused-ring (bicyclic) bond motifs is 1. The second-order valence-electron chi connectivity index (χ2n) is 7.25. The number of ether oxygens (including phenoxy) is 2. The fraction of sp³-hybridized carbons (Fsp3) is 0.304. The van der Waals surface area contributed by atoms with Gasteiger partial charge in [0, 0.05) is 24.5 Å². The predicted molar refractivity (Wildman–Crippen MR) is 124 cm³/mol. The summed E-state index contributed by atoms with van der Waals surface area (Å²) in [6.07, 6.45) is 0.710. The van der Waals surface area contributed by atoms with Crippen molar-refractivity contribution in [2.24, 2.45) is 0 Å². The Morgan fingerprint density at radius 1 is 1.12 bits per heavy atom. The van der Waals surface area contributed by atoms with Crippen molar-refractivity contribution >= 4 is 46.0 Å². The Hall–Kier alpha value is -3.17. The van der Waals surface area contributed by atoms with Crippen LogP contribution in [-0.4, -0.2) is 60.0 Å². The summed E-state index contributed by atoms with van der Waals surface area (Å²) >= 11 is 1.22. The molecule has 3 aromatic rings. The quantitative estimate of drug-likeness (QED) is 0.432. The zero-order chi connectivity index (χ0) is 22.3. The van der Waals surface area contributed by atoms with Crippen LogP contribution in [0.1, 0.15) is 6.92 Å². The van der Waals surface area contributed by atoms with E-state index >= 15 is 0 Å². The van der Waals surface area contributed by atoms with Crippen molar-refractivity contribution in [2.45, 2.75) is 18.1 Å². The van der Waals surface area contributed by atoms with Gasteiger partial charge in [-0.25, -0.2) is 4.98 Å². The molecule has 9 heteroatoms. The third-order valence-electron chi connectivity index (χ3n) is 4.95. The van der Waals surface area contributed by atoms with Crippen molar-refractivity contribution in [2.75, 3.05) is 42.3 Å². The van der Waals surface area contributed by atoms with Gasteiger partial charge in [-0.3, -0.25) is 14.6 Å². The number of carbonyl (C=O) groups is 2. The van der Waals surface area contributed by atoms with Crippen molar-refractivity contribution in [1.82, 2.24) is 9.97 Å². The number of benzene rings is 2. The van der Waals surface area contributed by atoms with Crippen molar-refractivity contribution in [3.63, 3.8) is 0 Å². The number of aromatic nitrogens is 2. The first-order valence-electron chi connectivity index (χ1n) is 10.4. The minimum Gasteiger partial charge on any atom is -0.452 e. The number of nitrogens with one attached hydrogen (secondary N) is 1. The second kappa shape index (κ2) is 10.4. The van der Waals surface area contributed by atoms with Crippen molar-refractivity contribution in [3.8, 4) is 0 Å². The van der Waals surface area contributed by atoms with E-state index in [9.17, 15) is 9.59 Å². The molecule has 1 amide bonds. The lowest BCUT2D eigenvalue weighted by Crippen LogP contribution is -2.36. The van der Waals surface area contributed by atoms with Gasteiger partial charge < -0.3 is 19.7 Å². The van der Waals surface area contributed by atoms with Gasteiger partial charge in [0.05, 0.1) is 36.2 Å². The summed E-state index contributed by atoms with van der Waals surface area (Å²) in [4.78, 5) is 35.6. The third kappa shape index (κ3) is 5.74. The molecule has 32 heavy (non-hydrogen) atoms. The van der Waals surface area contributed by atoms with Crippen LogP contribution in [-0.2, 0) is 19.1 Å². The molecule has 4 rings (SSSR count). The van der Waals surface area contributed by atoms with Gasteiger partial charge in [-0.1, -0.05) is 23.9 Å². The average molecular weight is 453 g/mol. The van der Waals surface area contributed by atoms with E-state index in [4.69, 9.17) is 9.47 Å². The van der Waals surface area contributed by atoms with Crippen LogP contribution in [0, 0.1) is 0 Å². The van der Waals surface area contributed by atoms with Crippen LogP contribution in [0.15, 0.2) is 59.8 Å². The standard InChI is InChI=1S/C23H24N4O4S/c1-16(23(29)25-17-6-8-18(9-7-17)27-10-12-30-13-11-27)31-22(28)15-32-21-14-24-19-4-2-3-5-20(19)26-21/h2-9,14,16H,10-13,15H2,1H3,(H,25,29). The smallest absolute Gasteiger partial charge is 0.317 e. The van der Waals surface area contributed by atoms with Crippen molar-refractivity contribution in [1.29, 1.82) is 0 Å². The summed E-state index contributed by atoms with van der Waals surface area (Å²) in [5, 5.41) is 3.41. The molecule has 2 aromatic carbocycles. The molecule has 0 spiro atoms. The van der Waals surface area contributed by atoms with Gasteiger partial charge >= 0.3 is 5.97 Å². The number of thioether (sulfide) groups is 1. The Labute approximate surface area is 190 Å². The largest absolute Gasteiger partial charge is 0.452 e. The van der Waals surface area contributed by atoms with Gasteiger partial charge in [0.2, 0.25) is 0 Å². The average Bonchev–Trinajstić information content (AvgIpc) is 2.83. The first-order valence-corrected chi connectivity index (χ1v) is 11.3. The molecule has 1 aliphatic rings. The number of carbonyl (C=O) groups excluding carboxylic acids is 2. The van der Waals surface area contributed by atoms with Crippen molar-refractivity contribution < 1.29 is 19.1 Å². The minimum atomic E-state index is -0.912. The summed E-state index contributed by atoms with van der Waals surface area (Å²) in [5.74, 6) is -0.831. The lowest BCUT2D eigenvalue weighted by molar-refractivity contribution is -0.150. The number of rotatable bonds is 7. The third-order valence-corrected chi connectivity index (χ3v) is 5.83. The Kier molecular flexibility index (Phi) is 7.18. The lowest BCUT2D eigenvalue weighted by Gasteiger charge is -2.28. The number of amides is 1. The van der Waals surface area contributed by atoms with Gasteiger partial charge in [0.1, 0.15) is 5.03 Å². The van der Waals surface area contributed by atoms with E-state index in [1.165, 1.54) is 11.8 Å². The van der Waals surface area contributed by atoms with Crippen LogP contribution in [0.5, 0.6) is 0 Å². The highest BCUT2D eigenvalue weighted by atomic mass is 32.2. The fourth-order valence-corrected chi connectivity index (χ4v) is 3.87. The second-order valence-corrected chi connectivity index (χ2v) is 8.25. The number of hydrogen-bond acceptors (Lipinski definition) is 8. The molecule has 1 fully saturated rings. The Morgan fingerprint density at radius 3 is 2.59 bits per heavy atom. The number of nitrogens with zero attached hydrogens (tertiary/aromatic N) is 3. The summed E-state index contributed by atoms with van der Waals surface area (Å²) in [6, 6.07) is 15.1. The molecule has 1 N–H and O–H groups in total. The zero-order valence-electron chi connectivity index (χ0n) is 17.7. The van der Waals surface area contributed by atoms with Gasteiger partial charge in [0.25, 0.3) is 5.91 Å². The fourth-order valence-electron chi connectivity index (χ4n) is 3.25. The molecular formula is C23H24N4O4S. The molecule has 0 saturated carbocycles. The van der Waals surface area contributed by atoms with Crippen molar-refractivity contribution in [3.05, 3.63) is 54.7 Å². The Morgan fingerprint density at radius 2 is 1.84 bits per heavy atom. The monoisotopic (exact) mass is 452 g/mol. The molecule has 0 bridgehead atoms. The van der Waals surface area contributed by atoms with Gasteiger partial charge in [-0.05, 0) is 43.3 Å². The highest BCUT2D eigenvalue weighted by Crippen LogP contribution is 2.20. The topological polar surface area (TPSA) is 93.7 Å². The van der Waals surface area contributed by atoms with Crippen LogP contribution in [0.2, 0.25) is 0 Å². The summed E-state index contributed by atoms with van der Waals surface area (Å²) < 4.78 is 10.6. The highest BCUT2D eigenvalue weighted by Gasteiger charge is 2.19. The maximum atomic E-state index is 12.4. The molecule has 1 atom stereocenters. The lowest BCUT2D eigenvalue weighted by atomic mass is 10.2. The molecule has 0 aliphatic carbocycles. The van der Waals surface area contributed by atoms with Crippen LogP contribution in [0.25, 0.3) is 11.0 Å². The van der Waals surface area contributed by atoms with E-state index in [1.807, 2.05) is 48.5 Å². The van der Waals surface area contributed by atoms with E-state index in [0.717, 1.165) is 29.8 Å². The minimum absolute atomic E-state index is 0.0406. The van der Waals surface area contributed by atoms with Crippen LogP contribution >= 0.6 is 11.8 Å². The van der Waals surface area contributed by atoms with Crippen LogP contribution < -0.4 is 10.2 Å². The SMILES string of the molecule is CC(OC(=O)CSc1cnc2ccccc2n1)C(=O)Nc1ccc(N2CCOCC2)cc1. The summed E-state index contributed by atoms with van der Waals surface area (Å²) in [5.41, 5.74) is 3.29. The van der Waals surface area contributed by atoms with E-state index in [0.29, 0.717) is 23.9 Å². The molecule has 1 saturated heterocycles. The Balaban J connectivity index is 1.24. The maximum absolute atomic E-state index is 12.4. The molecular weight excluding hydrogens is 428 g/mol. The zero-order valence-corrected chi connectivity index (χ0v) is 18.5. The number of morpholine rings is 1. The maximum Gasteiger partial charge on any atom is 0.317 e. The van der Waals surface area contributed by atoms with E-state index in [1.54, 1.807) is 13.1 Å². The van der Waals surface area contributed by atoms with E-state index in [2.05, 4.69) is 20.2 Å². The van der Waals surface area contributed by atoms with E-state index in [-0.39, 0.29) is 11.7 Å². The molecule has 1 unspecified atom stereocenters. The molecule has 1 aromatic heterocycles. The van der Waals surface area contributed by atoms with Crippen LogP contribution in [0.3, 0.4) is 0 Å². The molecule has 8 nitrogen and oxygen atoms in total. The van der Waals surface area contributed by atoms with Gasteiger partial charge in [0.15, 0.2) is 6.10 Å². The molecule has 2 heterocycles. The normalized spacial score (nSPS) is 14.7. The number of para-hydroxylation sites is 2. The molecule has 0 radical (unpaired) electrons. The number of esters is 1. The predicted octanol–water partition coefficient (Wildman–Crippen LogP) is 3.13. The van der Waals surface area contributed by atoms with Gasteiger partial charge in [-0.15, -0.1) is 0 Å². The summed E-state index contributed by atoms with van der Waals surface area (Å²) in [7, 11) is 0.